The predicted octanol–water partition coefficient (Wildman–Crippen LogP) is 1.50. The molecule has 0 bridgehead atoms. The van der Waals surface area contributed by atoms with Crippen molar-refractivity contribution >= 4 is 67.1 Å². The maximum absolute atomic E-state index is 11.8. The van der Waals surface area contributed by atoms with E-state index in [9.17, 15) is 9.59 Å². The second-order valence-electron chi connectivity index (χ2n) is 3.73. The van der Waals surface area contributed by atoms with Crippen LogP contribution in [-0.2, 0) is 19.1 Å². The van der Waals surface area contributed by atoms with Crippen molar-refractivity contribution in [1.82, 2.24) is 10.6 Å². The molecule has 0 aromatic rings. The second-order valence-corrected chi connectivity index (χ2v) is 5.89. The van der Waals surface area contributed by atoms with Gasteiger partial charge in [-0.25, -0.2) is 9.59 Å². The number of ether oxygens (including phenoxy) is 2. The van der Waals surface area contributed by atoms with E-state index in [2.05, 4.69) is 15.6 Å². The first-order chi connectivity index (χ1) is 10.9. The molecule has 0 amide bonds. The van der Waals surface area contributed by atoms with Gasteiger partial charge in [-0.2, -0.15) is 0 Å². The molecule has 0 radical (unpaired) electrons. The lowest BCUT2D eigenvalue weighted by Crippen LogP contribution is -2.16. The zero-order valence-electron chi connectivity index (χ0n) is 12.9. The summed E-state index contributed by atoms with van der Waals surface area (Å²) in [4.78, 5) is 27.5. The summed E-state index contributed by atoms with van der Waals surface area (Å²) in [5.74, 6) is -1.20. The molecule has 3 N–H and O–H groups in total. The number of hydrogen-bond donors (Lipinski definition) is 3. The Labute approximate surface area is 161 Å². The van der Waals surface area contributed by atoms with E-state index in [0.717, 1.165) is 0 Å². The van der Waals surface area contributed by atoms with Gasteiger partial charge in [0.15, 0.2) is 6.73 Å². The maximum Gasteiger partial charge on any atom is 0.344 e. The van der Waals surface area contributed by atoms with Crippen molar-refractivity contribution < 1.29 is 19.1 Å². The Balaban J connectivity index is 4.84. The van der Waals surface area contributed by atoms with E-state index in [1.807, 2.05) is 22.6 Å². The number of carbonyl (C=O) groups excluding carboxylic acids is 2. The average molecular weight is 548 g/mol. The fourth-order valence-electron chi connectivity index (χ4n) is 1.20. The van der Waals surface area contributed by atoms with Gasteiger partial charge in [-0.1, -0.05) is 0 Å². The van der Waals surface area contributed by atoms with Crippen LogP contribution >= 0.6 is 45.2 Å². The summed E-state index contributed by atoms with van der Waals surface area (Å²) in [6.45, 7) is 1.67. The van der Waals surface area contributed by atoms with E-state index < -0.39 is 11.9 Å². The summed E-state index contributed by atoms with van der Waals surface area (Å²) in [7, 11) is 3.27. The molecule has 0 aliphatic carbocycles. The second kappa shape index (κ2) is 12.3. The van der Waals surface area contributed by atoms with E-state index >= 15 is 0 Å². The number of rotatable bonds is 9. The highest BCUT2D eigenvalue weighted by Crippen LogP contribution is 2.10. The number of hydrogen-bond acceptors (Lipinski definition) is 8. The van der Waals surface area contributed by atoms with Gasteiger partial charge in [0, 0.05) is 26.5 Å². The molecule has 0 fully saturated rings. The molecular formula is C13H18I2N4O4. The average Bonchev–Trinajstić information content (AvgIpc) is 2.51. The van der Waals surface area contributed by atoms with Crippen molar-refractivity contribution in [3.05, 3.63) is 21.0 Å². The molecule has 0 rings (SSSR count). The standard InChI is InChI=1S/C13H18I2N4O4/c1-4-22-13(21)9(11(15)18-3)6-19-7-23-12(20)8(5-17-2)10(14)16/h5-6,16-18H,4,7H2,1-3H3/b8-5+,11-9+,16-10?,19-6?. The van der Waals surface area contributed by atoms with Crippen LogP contribution in [0.2, 0.25) is 0 Å². The number of carbonyl (C=O) groups is 2. The van der Waals surface area contributed by atoms with Crippen LogP contribution < -0.4 is 10.6 Å². The Morgan fingerprint density at radius 1 is 1.22 bits per heavy atom. The molecule has 0 aromatic carbocycles. The van der Waals surface area contributed by atoms with Crippen molar-refractivity contribution in [1.29, 1.82) is 5.41 Å². The highest BCUT2D eigenvalue weighted by Gasteiger charge is 2.15. The van der Waals surface area contributed by atoms with Crippen molar-refractivity contribution in [2.75, 3.05) is 27.4 Å². The van der Waals surface area contributed by atoms with Gasteiger partial charge in [-0.05, 0) is 52.1 Å². The van der Waals surface area contributed by atoms with E-state index in [1.54, 1.807) is 43.6 Å². The van der Waals surface area contributed by atoms with E-state index in [-0.39, 0.29) is 28.2 Å². The van der Waals surface area contributed by atoms with Gasteiger partial charge in [0.2, 0.25) is 0 Å². The number of nitrogens with zero attached hydrogens (tertiary/aromatic N) is 1. The zero-order chi connectivity index (χ0) is 17.8. The lowest BCUT2D eigenvalue weighted by atomic mass is 10.3. The molecule has 0 aliphatic heterocycles. The van der Waals surface area contributed by atoms with Crippen LogP contribution in [0.1, 0.15) is 6.92 Å². The third-order valence-corrected chi connectivity index (χ3v) is 3.89. The van der Waals surface area contributed by atoms with Crippen LogP contribution in [-0.4, -0.2) is 49.3 Å². The van der Waals surface area contributed by atoms with E-state index in [4.69, 9.17) is 14.9 Å². The highest BCUT2D eigenvalue weighted by atomic mass is 127. The fourth-order valence-corrected chi connectivity index (χ4v) is 1.94. The molecule has 0 saturated heterocycles. The summed E-state index contributed by atoms with van der Waals surface area (Å²) >= 11 is 3.64. The molecule has 23 heavy (non-hydrogen) atoms. The normalized spacial score (nSPS) is 12.5. The van der Waals surface area contributed by atoms with Crippen molar-refractivity contribution in [2.24, 2.45) is 4.99 Å². The first-order valence-corrected chi connectivity index (χ1v) is 8.58. The Kier molecular flexibility index (Phi) is 11.6. The summed E-state index contributed by atoms with van der Waals surface area (Å²) in [5, 5.41) is 13.0. The summed E-state index contributed by atoms with van der Waals surface area (Å²) in [6, 6.07) is 0. The third-order valence-electron chi connectivity index (χ3n) is 2.19. The molecular weight excluding hydrogens is 530 g/mol. The SMILES string of the molecule is CCOC(=O)/C(C=NCOC(=O)/C(=C/NC)C(=N)I)=C(\I)NC. The topological polar surface area (TPSA) is 113 Å². The molecule has 0 unspecified atom stereocenters. The molecule has 0 heterocycles. The van der Waals surface area contributed by atoms with Gasteiger partial charge in [0.1, 0.15) is 14.9 Å². The largest absolute Gasteiger partial charge is 0.462 e. The first kappa shape index (κ1) is 21.8. The predicted molar refractivity (Wildman–Crippen MR) is 105 cm³/mol. The van der Waals surface area contributed by atoms with Gasteiger partial charge in [-0.3, -0.25) is 10.4 Å². The first-order valence-electron chi connectivity index (χ1n) is 6.42. The van der Waals surface area contributed by atoms with Crippen LogP contribution in [0, 0.1) is 5.41 Å². The molecule has 0 aromatic heterocycles. The lowest BCUT2D eigenvalue weighted by molar-refractivity contribution is -0.138. The third kappa shape index (κ3) is 8.29. The molecule has 0 saturated carbocycles. The number of nitrogens with one attached hydrogen (secondary N) is 3. The molecule has 0 atom stereocenters. The quantitative estimate of drug-likeness (QED) is 0.133. The van der Waals surface area contributed by atoms with Crippen molar-refractivity contribution in [3.8, 4) is 0 Å². The Morgan fingerprint density at radius 2 is 1.87 bits per heavy atom. The number of esters is 2. The summed E-state index contributed by atoms with van der Waals surface area (Å²) in [6.07, 6.45) is 2.65. The van der Waals surface area contributed by atoms with Crippen molar-refractivity contribution in [3.63, 3.8) is 0 Å². The number of aliphatic imine (C=N–C) groups is 1. The van der Waals surface area contributed by atoms with Crippen LogP contribution in [0.15, 0.2) is 26.0 Å². The Bertz CT molecular complexity index is 544. The monoisotopic (exact) mass is 548 g/mol. The minimum Gasteiger partial charge on any atom is -0.462 e. The maximum atomic E-state index is 11.8. The lowest BCUT2D eigenvalue weighted by Gasteiger charge is -2.06. The van der Waals surface area contributed by atoms with Gasteiger partial charge in [0.05, 0.1) is 10.3 Å². The van der Waals surface area contributed by atoms with Crippen LogP contribution in [0.25, 0.3) is 0 Å². The van der Waals surface area contributed by atoms with Crippen molar-refractivity contribution in [2.45, 2.75) is 6.92 Å². The van der Waals surface area contributed by atoms with E-state index in [1.165, 1.54) is 12.4 Å². The molecule has 128 valence electrons. The van der Waals surface area contributed by atoms with Crippen LogP contribution in [0.4, 0.5) is 0 Å². The molecule has 8 nitrogen and oxygen atoms in total. The smallest absolute Gasteiger partial charge is 0.344 e. The fraction of sp³-hybridized carbons (Fsp3) is 0.385. The van der Waals surface area contributed by atoms with E-state index in [0.29, 0.717) is 3.70 Å². The molecule has 10 heteroatoms. The summed E-state index contributed by atoms with van der Waals surface area (Å²) < 4.78 is 10.5. The minimum absolute atomic E-state index is 0.0442. The van der Waals surface area contributed by atoms with Crippen LogP contribution in [0.5, 0.6) is 0 Å². The van der Waals surface area contributed by atoms with Gasteiger partial charge >= 0.3 is 11.9 Å². The highest BCUT2D eigenvalue weighted by molar-refractivity contribution is 14.1. The summed E-state index contributed by atoms with van der Waals surface area (Å²) in [5.41, 5.74) is 0.327. The minimum atomic E-state index is -0.680. The zero-order valence-corrected chi connectivity index (χ0v) is 17.2. The molecule has 0 spiro atoms. The van der Waals surface area contributed by atoms with Crippen LogP contribution in [0.3, 0.4) is 0 Å². The van der Waals surface area contributed by atoms with Gasteiger partial charge < -0.3 is 20.1 Å². The Hall–Kier alpha value is -1.18. The number of halogens is 2. The van der Waals surface area contributed by atoms with Gasteiger partial charge in [-0.15, -0.1) is 0 Å². The van der Waals surface area contributed by atoms with Gasteiger partial charge in [0.25, 0.3) is 0 Å². The molecule has 0 aliphatic rings. The Morgan fingerprint density at radius 3 is 2.35 bits per heavy atom.